The molecule has 2 heterocycles. The van der Waals surface area contributed by atoms with E-state index < -0.39 is 17.7 Å². The van der Waals surface area contributed by atoms with Crippen LogP contribution in [0.4, 0.5) is 4.39 Å². The molecule has 0 spiro atoms. The van der Waals surface area contributed by atoms with E-state index in [0.29, 0.717) is 22.1 Å². The van der Waals surface area contributed by atoms with Crippen LogP contribution in [0.25, 0.3) is 33.6 Å². The molecule has 1 amide bonds. The number of carbonyl (C=O) groups is 2. The molecule has 32 heavy (non-hydrogen) atoms. The Morgan fingerprint density at radius 1 is 1.06 bits per heavy atom. The lowest BCUT2D eigenvalue weighted by molar-refractivity contribution is 0.0697. The van der Waals surface area contributed by atoms with Gasteiger partial charge < -0.3 is 14.8 Å². The molecule has 0 fully saturated rings. The third kappa shape index (κ3) is 3.79. The molecule has 0 radical (unpaired) electrons. The van der Waals surface area contributed by atoms with Gasteiger partial charge in [-0.25, -0.2) is 14.2 Å². The van der Waals surface area contributed by atoms with Crippen LogP contribution < -0.4 is 5.32 Å². The Labute approximate surface area is 195 Å². The Morgan fingerprint density at radius 2 is 1.75 bits per heavy atom. The summed E-state index contributed by atoms with van der Waals surface area (Å²) < 4.78 is 19.2. The van der Waals surface area contributed by atoms with Crippen molar-refractivity contribution in [2.45, 2.75) is 0 Å². The first-order valence-electron chi connectivity index (χ1n) is 9.05. The number of carboxylic acid groups (broad SMARTS) is 1. The summed E-state index contributed by atoms with van der Waals surface area (Å²) in [4.78, 5) is 28.5. The zero-order valence-electron chi connectivity index (χ0n) is 16.2. The van der Waals surface area contributed by atoms with Crippen molar-refractivity contribution in [3.05, 3.63) is 74.6 Å². The van der Waals surface area contributed by atoms with Gasteiger partial charge in [-0.1, -0.05) is 34.8 Å². The molecular weight excluding hydrogens is 482 g/mol. The predicted molar refractivity (Wildman–Crippen MR) is 120 cm³/mol. The van der Waals surface area contributed by atoms with E-state index in [1.807, 2.05) is 0 Å². The maximum atomic E-state index is 13.4. The second kappa shape index (κ2) is 8.43. The van der Waals surface area contributed by atoms with E-state index in [9.17, 15) is 19.1 Å². The quantitative estimate of drug-likeness (QED) is 0.325. The number of fused-ring (bicyclic) bond motifs is 1. The molecule has 4 aromatic rings. The second-order valence-corrected chi connectivity index (χ2v) is 7.84. The third-order valence-corrected chi connectivity index (χ3v) is 5.86. The number of furan rings is 1. The smallest absolute Gasteiger partial charge is 0.337 e. The van der Waals surface area contributed by atoms with Crippen LogP contribution in [-0.2, 0) is 0 Å². The Kier molecular flexibility index (Phi) is 5.81. The molecule has 0 saturated carbocycles. The summed E-state index contributed by atoms with van der Waals surface area (Å²) in [6, 6.07) is 9.74. The highest BCUT2D eigenvalue weighted by Gasteiger charge is 2.25. The van der Waals surface area contributed by atoms with E-state index in [1.54, 1.807) is 6.07 Å². The van der Waals surface area contributed by atoms with Crippen molar-refractivity contribution >= 4 is 57.8 Å². The largest absolute Gasteiger partial charge is 0.478 e. The van der Waals surface area contributed by atoms with Gasteiger partial charge in [-0.05, 0) is 48.0 Å². The van der Waals surface area contributed by atoms with Crippen LogP contribution in [-0.4, -0.2) is 29.0 Å². The van der Waals surface area contributed by atoms with E-state index in [0.717, 1.165) is 0 Å². The normalized spacial score (nSPS) is 11.0. The third-order valence-electron chi connectivity index (χ3n) is 4.77. The number of halogens is 4. The summed E-state index contributed by atoms with van der Waals surface area (Å²) in [6.07, 6.45) is 0. The summed E-state index contributed by atoms with van der Waals surface area (Å²) in [6.45, 7) is 0. The Balaban J connectivity index is 2.00. The molecule has 0 aliphatic carbocycles. The predicted octanol–water partition coefficient (Wildman–Crippen LogP) is 6.32. The average molecular weight is 494 g/mol. The molecule has 162 valence electrons. The zero-order chi connectivity index (χ0) is 23.2. The fourth-order valence-corrected chi connectivity index (χ4v) is 3.91. The van der Waals surface area contributed by atoms with E-state index in [4.69, 9.17) is 39.2 Å². The summed E-state index contributed by atoms with van der Waals surface area (Å²) in [5.74, 6) is -1.99. The number of aromatic carboxylic acids is 1. The van der Waals surface area contributed by atoms with Crippen molar-refractivity contribution in [2.24, 2.45) is 0 Å². The van der Waals surface area contributed by atoms with Gasteiger partial charge in [0.25, 0.3) is 5.91 Å². The van der Waals surface area contributed by atoms with Crippen LogP contribution in [0.1, 0.15) is 20.7 Å². The average Bonchev–Trinajstić information content (AvgIpc) is 3.12. The molecule has 0 aliphatic heterocycles. The summed E-state index contributed by atoms with van der Waals surface area (Å²) in [7, 11) is 1.46. The molecule has 4 rings (SSSR count). The standard InChI is InChI=1S/C22H12Cl3FN2O4/c1-27-20(29)16-13-8-12(10-6-14(22(30)31)17(24)15(23)7-10)19(25)28-21(13)32-18(16)9-2-4-11(26)5-3-9/h2-8H,1H3,(H,27,29)(H,30,31). The number of hydrogen-bond donors (Lipinski definition) is 2. The maximum Gasteiger partial charge on any atom is 0.337 e. The van der Waals surface area contributed by atoms with E-state index in [2.05, 4.69) is 10.3 Å². The molecule has 2 N–H and O–H groups in total. The number of amides is 1. The van der Waals surface area contributed by atoms with Crippen LogP contribution in [0, 0.1) is 5.82 Å². The van der Waals surface area contributed by atoms with Crippen molar-refractivity contribution in [1.29, 1.82) is 0 Å². The van der Waals surface area contributed by atoms with Gasteiger partial charge in [-0.15, -0.1) is 0 Å². The Morgan fingerprint density at radius 3 is 2.38 bits per heavy atom. The number of carboxylic acids is 1. The molecule has 2 aromatic heterocycles. The lowest BCUT2D eigenvalue weighted by atomic mass is 10.0. The second-order valence-electron chi connectivity index (χ2n) is 6.70. The lowest BCUT2D eigenvalue weighted by Gasteiger charge is -2.09. The minimum atomic E-state index is -1.27. The van der Waals surface area contributed by atoms with Gasteiger partial charge >= 0.3 is 5.97 Å². The van der Waals surface area contributed by atoms with Crippen LogP contribution in [0.15, 0.2) is 46.9 Å². The minimum Gasteiger partial charge on any atom is -0.478 e. The van der Waals surface area contributed by atoms with E-state index in [-0.39, 0.29) is 37.8 Å². The first-order chi connectivity index (χ1) is 15.2. The number of nitrogens with zero attached hydrogens (tertiary/aromatic N) is 1. The molecule has 0 aliphatic rings. The number of benzene rings is 2. The number of aromatic nitrogens is 1. The van der Waals surface area contributed by atoms with Gasteiger partial charge in [0, 0.05) is 18.2 Å². The fraction of sp³-hybridized carbons (Fsp3) is 0.0455. The number of carbonyl (C=O) groups excluding carboxylic acids is 1. The van der Waals surface area contributed by atoms with Crippen molar-refractivity contribution in [3.8, 4) is 22.5 Å². The first-order valence-corrected chi connectivity index (χ1v) is 10.2. The van der Waals surface area contributed by atoms with Gasteiger partial charge in [0.15, 0.2) is 0 Å². The number of nitrogens with one attached hydrogen (secondary N) is 1. The Hall–Kier alpha value is -3.13. The van der Waals surface area contributed by atoms with Crippen molar-refractivity contribution in [1.82, 2.24) is 10.3 Å². The summed E-state index contributed by atoms with van der Waals surface area (Å²) >= 11 is 18.5. The zero-order valence-corrected chi connectivity index (χ0v) is 18.4. The van der Waals surface area contributed by atoms with Crippen LogP contribution >= 0.6 is 34.8 Å². The van der Waals surface area contributed by atoms with Gasteiger partial charge in [0.05, 0.1) is 26.6 Å². The monoisotopic (exact) mass is 492 g/mol. The molecular formula is C22H12Cl3FN2O4. The number of pyridine rings is 1. The van der Waals surface area contributed by atoms with Crippen molar-refractivity contribution in [3.63, 3.8) is 0 Å². The molecule has 0 unspecified atom stereocenters. The number of rotatable bonds is 4. The SMILES string of the molecule is CNC(=O)c1c(-c2ccc(F)cc2)oc2nc(Cl)c(-c3cc(Cl)c(Cl)c(C(=O)O)c3)cc12. The molecule has 0 saturated heterocycles. The molecule has 0 atom stereocenters. The fourth-order valence-electron chi connectivity index (χ4n) is 3.26. The van der Waals surface area contributed by atoms with E-state index >= 15 is 0 Å². The summed E-state index contributed by atoms with van der Waals surface area (Å²) in [5, 5.41) is 12.2. The summed E-state index contributed by atoms with van der Waals surface area (Å²) in [5.41, 5.74) is 1.15. The lowest BCUT2D eigenvalue weighted by Crippen LogP contribution is -2.18. The van der Waals surface area contributed by atoms with Crippen LogP contribution in [0.3, 0.4) is 0 Å². The van der Waals surface area contributed by atoms with Crippen molar-refractivity contribution in [2.75, 3.05) is 7.05 Å². The topological polar surface area (TPSA) is 92.4 Å². The maximum absolute atomic E-state index is 13.4. The van der Waals surface area contributed by atoms with Gasteiger partial charge in [-0.2, -0.15) is 0 Å². The molecule has 10 heteroatoms. The van der Waals surface area contributed by atoms with E-state index in [1.165, 1.54) is 43.4 Å². The van der Waals surface area contributed by atoms with Gasteiger partial charge in [0.1, 0.15) is 16.7 Å². The van der Waals surface area contributed by atoms with Crippen LogP contribution in [0.2, 0.25) is 15.2 Å². The highest BCUT2D eigenvalue weighted by Crippen LogP contribution is 2.39. The van der Waals surface area contributed by atoms with Crippen molar-refractivity contribution < 1.29 is 23.5 Å². The first kappa shape index (κ1) is 22.1. The minimum absolute atomic E-state index is 0.00455. The molecule has 6 nitrogen and oxygen atoms in total. The molecule has 2 aromatic carbocycles. The van der Waals surface area contributed by atoms with Gasteiger partial charge in [-0.3, -0.25) is 4.79 Å². The van der Waals surface area contributed by atoms with Gasteiger partial charge in [0.2, 0.25) is 5.71 Å². The highest BCUT2D eigenvalue weighted by molar-refractivity contribution is 6.44. The highest BCUT2D eigenvalue weighted by atomic mass is 35.5. The Bertz CT molecular complexity index is 1400. The number of hydrogen-bond acceptors (Lipinski definition) is 4. The molecule has 0 bridgehead atoms. The van der Waals surface area contributed by atoms with Crippen LogP contribution in [0.5, 0.6) is 0 Å².